The van der Waals surface area contributed by atoms with Crippen LogP contribution in [-0.2, 0) is 0 Å². The van der Waals surface area contributed by atoms with Crippen molar-refractivity contribution in [3.8, 4) is 0 Å². The number of benzene rings is 1. The Balaban J connectivity index is 2.24. The van der Waals surface area contributed by atoms with Gasteiger partial charge in [-0.25, -0.2) is 0 Å². The van der Waals surface area contributed by atoms with Crippen LogP contribution >= 0.6 is 15.9 Å². The molecule has 2 N–H and O–H groups in total. The van der Waals surface area contributed by atoms with E-state index in [-0.39, 0.29) is 6.04 Å². The van der Waals surface area contributed by atoms with E-state index in [2.05, 4.69) is 46.0 Å². The van der Waals surface area contributed by atoms with Crippen LogP contribution in [0.5, 0.6) is 0 Å². The minimum atomic E-state index is 0.0981. The highest BCUT2D eigenvalue weighted by Crippen LogP contribution is 2.36. The predicted molar refractivity (Wildman–Crippen MR) is 77.4 cm³/mol. The van der Waals surface area contributed by atoms with Crippen LogP contribution in [0, 0.1) is 0 Å². The Labute approximate surface area is 112 Å². The average Bonchev–Trinajstić information content (AvgIpc) is 3.10. The average molecular weight is 297 g/mol. The van der Waals surface area contributed by atoms with Gasteiger partial charge < -0.3 is 10.6 Å². The third-order valence-electron chi connectivity index (χ3n) is 3.26. The molecule has 1 fully saturated rings. The van der Waals surface area contributed by atoms with Crippen molar-refractivity contribution >= 4 is 21.6 Å². The van der Waals surface area contributed by atoms with Gasteiger partial charge in [-0.1, -0.05) is 13.0 Å². The Morgan fingerprint density at radius 3 is 2.65 bits per heavy atom. The van der Waals surface area contributed by atoms with Crippen molar-refractivity contribution in [2.75, 3.05) is 11.4 Å². The molecule has 0 unspecified atom stereocenters. The normalized spacial score (nSPS) is 16.9. The zero-order valence-electron chi connectivity index (χ0n) is 10.6. The molecule has 0 aliphatic heterocycles. The van der Waals surface area contributed by atoms with Crippen LogP contribution in [0.15, 0.2) is 22.7 Å². The summed E-state index contributed by atoms with van der Waals surface area (Å²) >= 11 is 3.68. The van der Waals surface area contributed by atoms with E-state index in [0.29, 0.717) is 0 Å². The molecule has 17 heavy (non-hydrogen) atoms. The third kappa shape index (κ3) is 3.02. The number of anilines is 1. The first-order chi connectivity index (χ1) is 8.13. The molecule has 3 heteroatoms. The lowest BCUT2D eigenvalue weighted by molar-refractivity contribution is 0.759. The number of halogens is 1. The highest BCUT2D eigenvalue weighted by molar-refractivity contribution is 9.10. The highest BCUT2D eigenvalue weighted by Gasteiger charge is 2.29. The van der Waals surface area contributed by atoms with Crippen molar-refractivity contribution in [2.24, 2.45) is 5.73 Å². The van der Waals surface area contributed by atoms with E-state index in [1.807, 2.05) is 6.92 Å². The van der Waals surface area contributed by atoms with Gasteiger partial charge in [0, 0.05) is 23.1 Å². The monoisotopic (exact) mass is 296 g/mol. The molecule has 0 amide bonds. The van der Waals surface area contributed by atoms with Crippen LogP contribution in [0.25, 0.3) is 0 Å². The topological polar surface area (TPSA) is 29.3 Å². The Morgan fingerprint density at radius 2 is 2.18 bits per heavy atom. The molecule has 0 spiro atoms. The molecule has 1 aliphatic rings. The zero-order valence-corrected chi connectivity index (χ0v) is 12.2. The molecule has 0 saturated heterocycles. The summed E-state index contributed by atoms with van der Waals surface area (Å²) in [5, 5.41) is 0. The first-order valence-corrected chi connectivity index (χ1v) is 7.24. The fourth-order valence-electron chi connectivity index (χ4n) is 2.17. The maximum absolute atomic E-state index is 5.91. The minimum Gasteiger partial charge on any atom is -0.368 e. The molecule has 1 aliphatic carbocycles. The van der Waals surface area contributed by atoms with E-state index in [0.717, 1.165) is 12.6 Å². The molecule has 1 atom stereocenters. The molecule has 2 nitrogen and oxygen atoms in total. The van der Waals surface area contributed by atoms with Gasteiger partial charge in [0.15, 0.2) is 0 Å². The summed E-state index contributed by atoms with van der Waals surface area (Å²) in [5.41, 5.74) is 8.41. The van der Waals surface area contributed by atoms with E-state index in [4.69, 9.17) is 5.73 Å². The van der Waals surface area contributed by atoms with Gasteiger partial charge in [0.25, 0.3) is 0 Å². The number of nitrogens with two attached hydrogens (primary N) is 1. The Kier molecular flexibility index (Phi) is 4.10. The molecule has 1 aromatic carbocycles. The van der Waals surface area contributed by atoms with Gasteiger partial charge in [0.05, 0.1) is 5.69 Å². The van der Waals surface area contributed by atoms with Crippen LogP contribution < -0.4 is 10.6 Å². The van der Waals surface area contributed by atoms with E-state index in [9.17, 15) is 0 Å². The number of rotatable bonds is 5. The van der Waals surface area contributed by atoms with E-state index in [1.165, 1.54) is 35.0 Å². The quantitative estimate of drug-likeness (QED) is 0.894. The fraction of sp³-hybridized carbons (Fsp3) is 0.571. The van der Waals surface area contributed by atoms with Gasteiger partial charge >= 0.3 is 0 Å². The number of hydrogen-bond donors (Lipinski definition) is 1. The van der Waals surface area contributed by atoms with Crippen molar-refractivity contribution in [1.82, 2.24) is 0 Å². The van der Waals surface area contributed by atoms with Gasteiger partial charge in [-0.3, -0.25) is 0 Å². The summed E-state index contributed by atoms with van der Waals surface area (Å²) in [4.78, 5) is 2.52. The van der Waals surface area contributed by atoms with Gasteiger partial charge in [-0.2, -0.15) is 0 Å². The second-order valence-electron chi connectivity index (χ2n) is 4.92. The van der Waals surface area contributed by atoms with Gasteiger partial charge in [-0.05, 0) is 59.8 Å². The van der Waals surface area contributed by atoms with Crippen LogP contribution in [0.3, 0.4) is 0 Å². The molecule has 0 heterocycles. The lowest BCUT2D eigenvalue weighted by Crippen LogP contribution is -2.26. The first-order valence-electron chi connectivity index (χ1n) is 6.45. The largest absolute Gasteiger partial charge is 0.368 e. The van der Waals surface area contributed by atoms with E-state index < -0.39 is 0 Å². The smallest absolute Gasteiger partial charge is 0.0513 e. The summed E-state index contributed by atoms with van der Waals surface area (Å²) in [6.45, 7) is 5.40. The second kappa shape index (κ2) is 5.40. The van der Waals surface area contributed by atoms with Gasteiger partial charge in [0.1, 0.15) is 0 Å². The molecule has 1 saturated carbocycles. The second-order valence-corrected chi connectivity index (χ2v) is 5.78. The van der Waals surface area contributed by atoms with Crippen molar-refractivity contribution < 1.29 is 0 Å². The molecular formula is C14H21BrN2. The summed E-state index contributed by atoms with van der Waals surface area (Å²) in [6, 6.07) is 7.37. The summed E-state index contributed by atoms with van der Waals surface area (Å²) in [5.74, 6) is 0. The molecule has 1 aromatic rings. The molecule has 0 bridgehead atoms. The number of nitrogens with zero attached hydrogens (tertiary/aromatic N) is 1. The van der Waals surface area contributed by atoms with E-state index >= 15 is 0 Å². The maximum atomic E-state index is 5.91. The van der Waals surface area contributed by atoms with Crippen LogP contribution in [0.4, 0.5) is 5.69 Å². The van der Waals surface area contributed by atoms with Crippen molar-refractivity contribution in [2.45, 2.75) is 45.2 Å². The minimum absolute atomic E-state index is 0.0981. The highest BCUT2D eigenvalue weighted by atomic mass is 79.9. The Bertz CT molecular complexity index is 386. The summed E-state index contributed by atoms with van der Waals surface area (Å²) in [7, 11) is 0. The Morgan fingerprint density at radius 1 is 1.47 bits per heavy atom. The summed E-state index contributed by atoms with van der Waals surface area (Å²) in [6.07, 6.45) is 3.86. The van der Waals surface area contributed by atoms with Crippen molar-refractivity contribution in [1.29, 1.82) is 0 Å². The van der Waals surface area contributed by atoms with Crippen molar-refractivity contribution in [3.63, 3.8) is 0 Å². The Hall–Kier alpha value is -0.540. The molecular weight excluding hydrogens is 276 g/mol. The SMILES string of the molecule is CCCN(c1ccc([C@H](C)N)cc1Br)C1CC1. The first kappa shape index (κ1) is 12.9. The summed E-state index contributed by atoms with van der Waals surface area (Å²) < 4.78 is 1.17. The van der Waals surface area contributed by atoms with Crippen molar-refractivity contribution in [3.05, 3.63) is 28.2 Å². The zero-order chi connectivity index (χ0) is 12.4. The van der Waals surface area contributed by atoms with Gasteiger partial charge in [0.2, 0.25) is 0 Å². The lowest BCUT2D eigenvalue weighted by atomic mass is 10.1. The number of hydrogen-bond acceptors (Lipinski definition) is 2. The van der Waals surface area contributed by atoms with Gasteiger partial charge in [-0.15, -0.1) is 0 Å². The van der Waals surface area contributed by atoms with Crippen LogP contribution in [-0.4, -0.2) is 12.6 Å². The fourth-order valence-corrected chi connectivity index (χ4v) is 2.79. The van der Waals surface area contributed by atoms with E-state index in [1.54, 1.807) is 0 Å². The molecule has 0 radical (unpaired) electrons. The standard InChI is InChI=1S/C14H21BrN2/c1-3-8-17(12-5-6-12)14-7-4-11(10(2)16)9-13(14)15/h4,7,9-10,12H,3,5-6,8,16H2,1-2H3/t10-/m0/s1. The lowest BCUT2D eigenvalue weighted by Gasteiger charge is -2.26. The van der Waals surface area contributed by atoms with Crippen LogP contribution in [0.1, 0.15) is 44.7 Å². The molecule has 2 rings (SSSR count). The predicted octanol–water partition coefficient (Wildman–Crippen LogP) is 3.85. The molecule has 94 valence electrons. The third-order valence-corrected chi connectivity index (χ3v) is 3.89. The molecule has 0 aromatic heterocycles. The van der Waals surface area contributed by atoms with Crippen LogP contribution in [0.2, 0.25) is 0 Å². The maximum Gasteiger partial charge on any atom is 0.0513 e.